The molecule has 0 fully saturated rings. The number of esters is 1. The first-order valence-electron chi connectivity index (χ1n) is 7.62. The molecule has 2 rings (SSSR count). The molecule has 0 aliphatic carbocycles. The Hall–Kier alpha value is -2.49. The Bertz CT molecular complexity index is 642. The van der Waals surface area contributed by atoms with Crippen LogP contribution in [0.4, 0.5) is 0 Å². The number of ether oxygens (including phenoxy) is 2. The lowest BCUT2D eigenvalue weighted by Crippen LogP contribution is -2.19. The third-order valence-corrected chi connectivity index (χ3v) is 3.83. The van der Waals surface area contributed by atoms with Crippen LogP contribution >= 0.6 is 0 Å². The maximum atomic E-state index is 11.3. The Labute approximate surface area is 136 Å². The Kier molecular flexibility index (Phi) is 5.27. The second kappa shape index (κ2) is 7.18. The van der Waals surface area contributed by atoms with Crippen molar-refractivity contribution in [3.05, 3.63) is 59.7 Å². The third kappa shape index (κ3) is 4.25. The van der Waals surface area contributed by atoms with Crippen LogP contribution in [0.2, 0.25) is 0 Å². The molecule has 2 aromatic rings. The van der Waals surface area contributed by atoms with Crippen molar-refractivity contribution < 1.29 is 19.4 Å². The number of aromatic hydroxyl groups is 1. The summed E-state index contributed by atoms with van der Waals surface area (Å²) in [6, 6.07) is 14.9. The molecule has 0 unspecified atom stereocenters. The lowest BCUT2D eigenvalue weighted by Gasteiger charge is -2.26. The van der Waals surface area contributed by atoms with Crippen molar-refractivity contribution in [1.82, 2.24) is 0 Å². The second-order valence-electron chi connectivity index (χ2n) is 5.79. The largest absolute Gasteiger partial charge is 0.508 e. The summed E-state index contributed by atoms with van der Waals surface area (Å²) in [5.74, 6) is 0.511. The summed E-state index contributed by atoms with van der Waals surface area (Å²) in [5.41, 5.74) is 2.02. The molecule has 0 aliphatic rings. The van der Waals surface area contributed by atoms with Crippen LogP contribution in [-0.4, -0.2) is 24.3 Å². The van der Waals surface area contributed by atoms with Gasteiger partial charge in [-0.05, 0) is 42.3 Å². The average Bonchev–Trinajstić information content (AvgIpc) is 2.54. The van der Waals surface area contributed by atoms with Gasteiger partial charge in [-0.15, -0.1) is 0 Å². The van der Waals surface area contributed by atoms with Crippen molar-refractivity contribution in [2.24, 2.45) is 0 Å². The van der Waals surface area contributed by atoms with Crippen LogP contribution in [0.25, 0.3) is 0 Å². The Balaban J connectivity index is 2.09. The molecular weight excluding hydrogens is 292 g/mol. The number of phenols is 1. The lowest BCUT2D eigenvalue weighted by atomic mass is 9.78. The van der Waals surface area contributed by atoms with Crippen molar-refractivity contribution in [3.8, 4) is 11.5 Å². The predicted molar refractivity (Wildman–Crippen MR) is 88.8 cm³/mol. The number of rotatable bonds is 6. The van der Waals surface area contributed by atoms with Crippen molar-refractivity contribution in [2.45, 2.75) is 26.2 Å². The van der Waals surface area contributed by atoms with Gasteiger partial charge in [0.25, 0.3) is 0 Å². The highest BCUT2D eigenvalue weighted by atomic mass is 16.6. The zero-order valence-electron chi connectivity index (χ0n) is 13.7. The van der Waals surface area contributed by atoms with Crippen LogP contribution in [0.1, 0.15) is 31.9 Å². The van der Waals surface area contributed by atoms with E-state index >= 15 is 0 Å². The zero-order chi connectivity index (χ0) is 16.9. The van der Waals surface area contributed by atoms with Gasteiger partial charge in [-0.2, -0.15) is 0 Å². The second-order valence-corrected chi connectivity index (χ2v) is 5.79. The molecular formula is C19H22O4. The molecule has 0 spiro atoms. The van der Waals surface area contributed by atoms with Crippen LogP contribution in [0.15, 0.2) is 48.5 Å². The summed E-state index contributed by atoms with van der Waals surface area (Å²) in [6.07, 6.45) is 0. The summed E-state index contributed by atoms with van der Waals surface area (Å²) >= 11 is 0. The Morgan fingerprint density at radius 3 is 2.04 bits per heavy atom. The number of carbonyl (C=O) groups excluding carboxylic acids is 1. The van der Waals surface area contributed by atoms with Crippen molar-refractivity contribution >= 4 is 5.97 Å². The maximum absolute atomic E-state index is 11.3. The SMILES string of the molecule is CCOC(=O)COc1ccc(C(C)(C)c2ccc(O)cc2)cc1. The van der Waals surface area contributed by atoms with Crippen LogP contribution in [-0.2, 0) is 14.9 Å². The smallest absolute Gasteiger partial charge is 0.344 e. The van der Waals surface area contributed by atoms with E-state index in [1.807, 2.05) is 36.4 Å². The fourth-order valence-electron chi connectivity index (χ4n) is 2.36. The van der Waals surface area contributed by atoms with Gasteiger partial charge in [-0.3, -0.25) is 0 Å². The van der Waals surface area contributed by atoms with Crippen LogP contribution in [0, 0.1) is 0 Å². The highest BCUT2D eigenvalue weighted by molar-refractivity contribution is 5.71. The molecule has 0 radical (unpaired) electrons. The zero-order valence-corrected chi connectivity index (χ0v) is 13.7. The molecule has 0 amide bonds. The number of hydrogen-bond acceptors (Lipinski definition) is 4. The average molecular weight is 314 g/mol. The van der Waals surface area contributed by atoms with E-state index in [1.165, 1.54) is 0 Å². The van der Waals surface area contributed by atoms with E-state index in [0.29, 0.717) is 12.4 Å². The van der Waals surface area contributed by atoms with Crippen LogP contribution < -0.4 is 4.74 Å². The number of carbonyl (C=O) groups is 1. The predicted octanol–water partition coefficient (Wildman–Crippen LogP) is 3.66. The summed E-state index contributed by atoms with van der Waals surface area (Å²) < 4.78 is 10.2. The van der Waals surface area contributed by atoms with E-state index in [2.05, 4.69) is 13.8 Å². The molecule has 1 N–H and O–H groups in total. The Morgan fingerprint density at radius 2 is 1.52 bits per heavy atom. The first-order valence-corrected chi connectivity index (χ1v) is 7.62. The van der Waals surface area contributed by atoms with E-state index < -0.39 is 0 Å². The molecule has 2 aromatic carbocycles. The minimum Gasteiger partial charge on any atom is -0.508 e. The summed E-state index contributed by atoms with van der Waals surface area (Å²) in [5, 5.41) is 9.42. The van der Waals surface area contributed by atoms with E-state index in [-0.39, 0.29) is 23.7 Å². The molecule has 0 bridgehead atoms. The summed E-state index contributed by atoms with van der Waals surface area (Å²) in [4.78, 5) is 11.3. The monoisotopic (exact) mass is 314 g/mol. The van der Waals surface area contributed by atoms with E-state index in [0.717, 1.165) is 11.1 Å². The third-order valence-electron chi connectivity index (χ3n) is 3.83. The van der Waals surface area contributed by atoms with Gasteiger partial charge in [0.15, 0.2) is 6.61 Å². The molecule has 0 aromatic heterocycles. The quantitative estimate of drug-likeness (QED) is 0.827. The molecule has 0 aliphatic heterocycles. The molecule has 0 heterocycles. The topological polar surface area (TPSA) is 55.8 Å². The van der Waals surface area contributed by atoms with E-state index in [9.17, 15) is 9.90 Å². The molecule has 0 saturated carbocycles. The Morgan fingerprint density at radius 1 is 1.00 bits per heavy atom. The lowest BCUT2D eigenvalue weighted by molar-refractivity contribution is -0.145. The van der Waals surface area contributed by atoms with Gasteiger partial charge >= 0.3 is 5.97 Å². The van der Waals surface area contributed by atoms with E-state index in [4.69, 9.17) is 9.47 Å². The number of hydrogen-bond donors (Lipinski definition) is 1. The highest BCUT2D eigenvalue weighted by Crippen LogP contribution is 2.33. The molecule has 0 atom stereocenters. The van der Waals surface area contributed by atoms with Crippen molar-refractivity contribution in [2.75, 3.05) is 13.2 Å². The minimum atomic E-state index is -0.374. The van der Waals surface area contributed by atoms with Crippen molar-refractivity contribution in [1.29, 1.82) is 0 Å². The molecule has 4 heteroatoms. The van der Waals surface area contributed by atoms with Gasteiger partial charge in [0.1, 0.15) is 11.5 Å². The van der Waals surface area contributed by atoms with Gasteiger partial charge in [0.2, 0.25) is 0 Å². The number of benzene rings is 2. The fourth-order valence-corrected chi connectivity index (χ4v) is 2.36. The fraction of sp³-hybridized carbons (Fsp3) is 0.316. The summed E-state index contributed by atoms with van der Waals surface area (Å²) in [7, 11) is 0. The van der Waals surface area contributed by atoms with E-state index in [1.54, 1.807) is 19.1 Å². The van der Waals surface area contributed by atoms with Gasteiger partial charge in [0, 0.05) is 5.41 Å². The van der Waals surface area contributed by atoms with Gasteiger partial charge in [0.05, 0.1) is 6.61 Å². The van der Waals surface area contributed by atoms with Crippen LogP contribution in [0.5, 0.6) is 11.5 Å². The highest BCUT2D eigenvalue weighted by Gasteiger charge is 2.23. The van der Waals surface area contributed by atoms with Gasteiger partial charge in [-0.1, -0.05) is 38.1 Å². The van der Waals surface area contributed by atoms with Crippen molar-refractivity contribution in [3.63, 3.8) is 0 Å². The van der Waals surface area contributed by atoms with Gasteiger partial charge in [-0.25, -0.2) is 4.79 Å². The first kappa shape index (κ1) is 16.9. The normalized spacial score (nSPS) is 11.1. The maximum Gasteiger partial charge on any atom is 0.344 e. The molecule has 4 nitrogen and oxygen atoms in total. The minimum absolute atomic E-state index is 0.0887. The van der Waals surface area contributed by atoms with Gasteiger partial charge < -0.3 is 14.6 Å². The molecule has 23 heavy (non-hydrogen) atoms. The first-order chi connectivity index (χ1) is 10.9. The number of phenolic OH excluding ortho intramolecular Hbond substituents is 1. The molecule has 122 valence electrons. The standard InChI is InChI=1S/C19H22O4/c1-4-22-18(21)13-23-17-11-7-15(8-12-17)19(2,3)14-5-9-16(20)10-6-14/h5-12,20H,4,13H2,1-3H3. The molecule has 0 saturated heterocycles. The summed E-state index contributed by atoms with van der Waals surface area (Å²) in [6.45, 7) is 6.26. The van der Waals surface area contributed by atoms with Crippen LogP contribution in [0.3, 0.4) is 0 Å².